The monoisotopic (exact) mass is 910 g/mol. The highest BCUT2D eigenvalue weighted by atomic mass is 32.1. The fourth-order valence-corrected chi connectivity index (χ4v) is 11.8. The van der Waals surface area contributed by atoms with Gasteiger partial charge in [-0.2, -0.15) is 0 Å². The molecule has 5 heteroatoms. The van der Waals surface area contributed by atoms with Crippen LogP contribution in [0, 0.1) is 0 Å². The molecule has 0 aliphatic carbocycles. The van der Waals surface area contributed by atoms with Crippen LogP contribution in [0.2, 0.25) is 0 Å². The van der Waals surface area contributed by atoms with Gasteiger partial charge < -0.3 is 9.88 Å². The van der Waals surface area contributed by atoms with Crippen LogP contribution in [-0.2, 0) is 0 Å². The molecule has 70 heavy (non-hydrogen) atoms. The Hall–Kier alpha value is -8.90. The summed E-state index contributed by atoms with van der Waals surface area (Å²) < 4.78 is 5.00. The Morgan fingerprint density at radius 1 is 0.371 bits per heavy atom. The lowest BCUT2D eigenvalue weighted by Crippen LogP contribution is -2.34. The maximum Gasteiger partial charge on any atom is 0.160 e. The van der Waals surface area contributed by atoms with E-state index >= 15 is 0 Å². The van der Waals surface area contributed by atoms with Gasteiger partial charge in [0.15, 0.2) is 5.84 Å². The van der Waals surface area contributed by atoms with Gasteiger partial charge in [0.2, 0.25) is 0 Å². The number of nitrogens with one attached hydrogen (secondary N) is 1. The average molecular weight is 911 g/mol. The minimum atomic E-state index is -0.497. The second kappa shape index (κ2) is 16.4. The molecule has 0 saturated heterocycles. The molecule has 3 heterocycles. The first-order valence-corrected chi connectivity index (χ1v) is 24.6. The van der Waals surface area contributed by atoms with Crippen molar-refractivity contribution in [3.05, 3.63) is 259 Å². The van der Waals surface area contributed by atoms with E-state index in [9.17, 15) is 0 Å². The van der Waals surface area contributed by atoms with Crippen LogP contribution in [0.1, 0.15) is 22.9 Å². The molecule has 0 spiro atoms. The summed E-state index contributed by atoms with van der Waals surface area (Å²) in [6.07, 6.45) is -0.497. The molecule has 11 aromatic carbocycles. The molecule has 0 saturated carbocycles. The molecule has 1 unspecified atom stereocenters. The number of aliphatic imine (C=N–C) groups is 2. The highest BCUT2D eigenvalue weighted by molar-refractivity contribution is 7.25. The van der Waals surface area contributed by atoms with Gasteiger partial charge in [-0.15, -0.1) is 11.3 Å². The molecule has 0 radical (unpaired) electrons. The minimum absolute atomic E-state index is 0.497. The smallest absolute Gasteiger partial charge is 0.160 e. The average Bonchev–Trinajstić information content (AvgIpc) is 3.96. The molecule has 0 fully saturated rings. The molecule has 0 bridgehead atoms. The number of nitrogens with zero attached hydrogens (tertiary/aromatic N) is 3. The fourth-order valence-electron chi connectivity index (χ4n) is 10.7. The van der Waals surface area contributed by atoms with Gasteiger partial charge in [0.1, 0.15) is 12.0 Å². The molecule has 2 aromatic heterocycles. The van der Waals surface area contributed by atoms with Crippen molar-refractivity contribution in [1.82, 2.24) is 9.88 Å². The summed E-state index contributed by atoms with van der Waals surface area (Å²) in [4.78, 5) is 11.1. The van der Waals surface area contributed by atoms with Crippen LogP contribution in [0.4, 0.5) is 0 Å². The van der Waals surface area contributed by atoms with E-state index < -0.39 is 6.17 Å². The van der Waals surface area contributed by atoms with Crippen LogP contribution in [0.25, 0.3) is 103 Å². The second-order valence-electron chi connectivity index (χ2n) is 18.1. The standard InChI is InChI=1S/C65H42N4S/c1-3-17-41(18-4-1)49-25-11-13-28-53(49)63-66-64(54-29-14-12-26-50(54)42-19-5-2-6-20-42)68-65(67-63)55-34-32-48(40-56(55)47-31-33-52-51-27-15-16-30-61(51)70-62(52)39-47)69-59-37-45-23-9-7-21-43(45)35-57(59)58-36-44-22-8-10-24-46(44)38-60(58)69/h1-40,65H,(H,66,67,68). The van der Waals surface area contributed by atoms with Gasteiger partial charge >= 0.3 is 0 Å². The van der Waals surface area contributed by atoms with Crippen molar-refractivity contribution >= 4 is 86.5 Å². The van der Waals surface area contributed by atoms with Gasteiger partial charge in [-0.1, -0.05) is 194 Å². The molecule has 1 aliphatic rings. The first kappa shape index (κ1) is 40.2. The van der Waals surface area contributed by atoms with E-state index in [1.807, 2.05) is 11.3 Å². The third kappa shape index (κ3) is 6.74. The summed E-state index contributed by atoms with van der Waals surface area (Å²) in [5, 5.41) is 13.8. The quantitative estimate of drug-likeness (QED) is 0.170. The maximum atomic E-state index is 5.64. The number of rotatable bonds is 7. The second-order valence-corrected chi connectivity index (χ2v) is 19.2. The summed E-state index contributed by atoms with van der Waals surface area (Å²) in [6.45, 7) is 0. The largest absolute Gasteiger partial charge is 0.344 e. The molecule has 13 aromatic rings. The zero-order valence-electron chi connectivity index (χ0n) is 37.9. The Bertz CT molecular complexity index is 4180. The van der Waals surface area contributed by atoms with E-state index in [-0.39, 0.29) is 0 Å². The van der Waals surface area contributed by atoms with Crippen LogP contribution in [-0.4, -0.2) is 16.2 Å². The van der Waals surface area contributed by atoms with Gasteiger partial charge in [0.05, 0.1) is 11.0 Å². The van der Waals surface area contributed by atoms with Gasteiger partial charge in [-0.05, 0) is 103 Å². The van der Waals surface area contributed by atoms with Gasteiger partial charge in [-0.3, -0.25) is 0 Å². The van der Waals surface area contributed by atoms with Gasteiger partial charge in [-0.25, -0.2) is 9.98 Å². The number of fused-ring (bicyclic) bond motifs is 8. The van der Waals surface area contributed by atoms with Crippen LogP contribution >= 0.6 is 11.3 Å². The molecule has 4 nitrogen and oxygen atoms in total. The SMILES string of the molecule is c1ccc(-c2ccccc2C2=NC(c3ccc(-n4c5cc6ccccc6cc5c5cc6ccccc6cc54)cc3-c3ccc4c(c3)sc3ccccc34)NC(c3ccccc3-c3ccccc3)=N2)cc1. The van der Waals surface area contributed by atoms with E-state index in [0.717, 1.165) is 61.6 Å². The van der Waals surface area contributed by atoms with Crippen molar-refractivity contribution < 1.29 is 0 Å². The molecule has 1 N–H and O–H groups in total. The Labute approximate surface area is 408 Å². The van der Waals surface area contributed by atoms with Crippen LogP contribution in [0.3, 0.4) is 0 Å². The molecule has 1 atom stereocenters. The Kier molecular flexibility index (Phi) is 9.42. The number of thiophene rings is 1. The number of aromatic nitrogens is 1. The van der Waals surface area contributed by atoms with Gasteiger partial charge in [0.25, 0.3) is 0 Å². The molecule has 1 aliphatic heterocycles. The van der Waals surface area contributed by atoms with E-state index in [4.69, 9.17) is 9.98 Å². The lowest BCUT2D eigenvalue weighted by atomic mass is 9.94. The van der Waals surface area contributed by atoms with Crippen molar-refractivity contribution in [2.45, 2.75) is 6.17 Å². The predicted octanol–water partition coefficient (Wildman–Crippen LogP) is 17.0. The highest BCUT2D eigenvalue weighted by Gasteiger charge is 2.27. The topological polar surface area (TPSA) is 41.7 Å². The number of benzene rings is 11. The maximum absolute atomic E-state index is 5.64. The summed E-state index contributed by atoms with van der Waals surface area (Å²) in [7, 11) is 0. The van der Waals surface area contributed by atoms with Crippen molar-refractivity contribution in [2.24, 2.45) is 9.98 Å². The highest BCUT2D eigenvalue weighted by Crippen LogP contribution is 2.43. The summed E-state index contributed by atoms with van der Waals surface area (Å²) in [5.74, 6) is 1.45. The third-order valence-corrected chi connectivity index (χ3v) is 15.2. The predicted molar refractivity (Wildman–Crippen MR) is 297 cm³/mol. The Morgan fingerprint density at radius 3 is 1.56 bits per heavy atom. The Morgan fingerprint density at radius 2 is 0.900 bits per heavy atom. The van der Waals surface area contributed by atoms with E-state index in [2.05, 4.69) is 253 Å². The zero-order chi connectivity index (χ0) is 46.1. The molecule has 14 rings (SSSR count). The van der Waals surface area contributed by atoms with Gasteiger partial charge in [0, 0.05) is 53.3 Å². The third-order valence-electron chi connectivity index (χ3n) is 14.0. The first-order chi connectivity index (χ1) is 34.7. The lowest BCUT2D eigenvalue weighted by molar-refractivity contribution is 0.676. The summed E-state index contributed by atoms with van der Waals surface area (Å²) >= 11 is 1.85. The number of hydrogen-bond acceptors (Lipinski definition) is 4. The van der Waals surface area contributed by atoms with E-state index in [1.54, 1.807) is 0 Å². The molecular formula is C65H42N4S. The minimum Gasteiger partial charge on any atom is -0.344 e. The van der Waals surface area contributed by atoms with Crippen molar-refractivity contribution in [2.75, 3.05) is 0 Å². The molecule has 328 valence electrons. The van der Waals surface area contributed by atoms with Crippen molar-refractivity contribution in [1.29, 1.82) is 0 Å². The number of hydrogen-bond donors (Lipinski definition) is 1. The van der Waals surface area contributed by atoms with Crippen molar-refractivity contribution in [3.8, 4) is 39.1 Å². The van der Waals surface area contributed by atoms with E-state index in [1.165, 1.54) is 63.5 Å². The zero-order valence-corrected chi connectivity index (χ0v) is 38.7. The van der Waals surface area contributed by atoms with Crippen molar-refractivity contribution in [3.63, 3.8) is 0 Å². The number of amidine groups is 2. The Balaban J connectivity index is 1.03. The summed E-state index contributed by atoms with van der Waals surface area (Å²) in [6, 6.07) is 87.8. The first-order valence-electron chi connectivity index (χ1n) is 23.8. The molecular weight excluding hydrogens is 869 g/mol. The summed E-state index contributed by atoms with van der Waals surface area (Å²) in [5.41, 5.74) is 13.1. The van der Waals surface area contributed by atoms with Crippen LogP contribution < -0.4 is 5.32 Å². The fraction of sp³-hybridized carbons (Fsp3) is 0.0154. The van der Waals surface area contributed by atoms with Crippen LogP contribution in [0.15, 0.2) is 253 Å². The van der Waals surface area contributed by atoms with Crippen LogP contribution in [0.5, 0.6) is 0 Å². The lowest BCUT2D eigenvalue weighted by Gasteiger charge is -2.27. The molecule has 0 amide bonds. The van der Waals surface area contributed by atoms with E-state index in [0.29, 0.717) is 5.84 Å². The normalized spacial score (nSPS) is 13.9.